The molecule has 0 aromatic heterocycles. The summed E-state index contributed by atoms with van der Waals surface area (Å²) in [5.74, 6) is 0.631. The van der Waals surface area contributed by atoms with Gasteiger partial charge in [0.05, 0.1) is 0 Å². The molecule has 0 saturated carbocycles. The molecule has 19 heavy (non-hydrogen) atoms. The molecule has 0 radical (unpaired) electrons. The van der Waals surface area contributed by atoms with Crippen molar-refractivity contribution in [3.63, 3.8) is 0 Å². The number of urea groups is 1. The maximum Gasteiger partial charge on any atom is 0.316 e. The molecule has 5 nitrogen and oxygen atoms in total. The van der Waals surface area contributed by atoms with Crippen LogP contribution in [0.25, 0.3) is 0 Å². The number of primary amides is 1. The van der Waals surface area contributed by atoms with Gasteiger partial charge in [-0.15, -0.1) is 0 Å². The molecule has 1 rings (SSSR count). The fraction of sp³-hybridized carbons (Fsp3) is 0.462. The Balaban J connectivity index is 2.59. The molecule has 0 saturated heterocycles. The van der Waals surface area contributed by atoms with Crippen LogP contribution >= 0.6 is 0 Å². The van der Waals surface area contributed by atoms with Gasteiger partial charge in [0.15, 0.2) is 0 Å². The van der Waals surface area contributed by atoms with E-state index in [4.69, 9.17) is 5.73 Å². The number of rotatable bonds is 6. The molecule has 0 aliphatic rings. The number of carbonyl (C=O) groups is 1. The van der Waals surface area contributed by atoms with Crippen LogP contribution in [0.4, 0.5) is 10.5 Å². The average molecular weight is 283 g/mol. The third-order valence-electron chi connectivity index (χ3n) is 2.70. The maximum atomic E-state index is 11.1. The third kappa shape index (κ3) is 5.85. The lowest BCUT2D eigenvalue weighted by molar-refractivity contribution is 0.259. The normalized spacial score (nSPS) is 15.5. The summed E-state index contributed by atoms with van der Waals surface area (Å²) >= 11 is 0. The minimum atomic E-state index is -0.803. The Morgan fingerprint density at radius 3 is 2.37 bits per heavy atom. The van der Waals surface area contributed by atoms with Crippen molar-refractivity contribution < 1.29 is 9.00 Å². The van der Waals surface area contributed by atoms with E-state index in [2.05, 4.69) is 10.6 Å². The van der Waals surface area contributed by atoms with E-state index in [1.54, 1.807) is 18.4 Å². The van der Waals surface area contributed by atoms with E-state index in [-0.39, 0.29) is 12.1 Å². The molecule has 4 N–H and O–H groups in total. The summed E-state index contributed by atoms with van der Waals surface area (Å²) in [7, 11) is -0.803. The Hall–Kier alpha value is -1.40. The molecule has 0 aliphatic carbocycles. The Labute approximate surface area is 116 Å². The maximum absolute atomic E-state index is 11.1. The monoisotopic (exact) mass is 283 g/mol. The summed E-state index contributed by atoms with van der Waals surface area (Å²) in [5.41, 5.74) is 6.82. The van der Waals surface area contributed by atoms with Crippen LogP contribution < -0.4 is 16.4 Å². The van der Waals surface area contributed by atoms with E-state index < -0.39 is 16.8 Å². The minimum Gasteiger partial charge on any atom is -0.351 e. The second-order valence-corrected chi connectivity index (χ2v) is 6.12. The fourth-order valence-corrected chi connectivity index (χ4v) is 2.72. The van der Waals surface area contributed by atoms with E-state index in [0.29, 0.717) is 11.4 Å². The largest absolute Gasteiger partial charge is 0.351 e. The molecule has 2 amide bonds. The van der Waals surface area contributed by atoms with Crippen molar-refractivity contribution in [2.75, 3.05) is 17.3 Å². The lowest BCUT2D eigenvalue weighted by atomic mass is 10.1. The van der Waals surface area contributed by atoms with E-state index in [1.165, 1.54) is 0 Å². The molecule has 0 spiro atoms. The van der Waals surface area contributed by atoms with Gasteiger partial charge in [-0.1, -0.05) is 12.1 Å². The standard InChI is InChI=1S/C13H21N3O2S/c1-9(8-19(3)18)15-10(2)11-4-6-12(7-5-11)16-13(14)17/h4-7,9-10,15H,8H2,1-3H3,(H3,14,16,17). The highest BCUT2D eigenvalue weighted by Crippen LogP contribution is 2.16. The molecule has 0 bridgehead atoms. The molecule has 0 fully saturated rings. The summed E-state index contributed by atoms with van der Waals surface area (Å²) in [4.78, 5) is 10.7. The van der Waals surface area contributed by atoms with Crippen molar-refractivity contribution in [3.8, 4) is 0 Å². The zero-order valence-corrected chi connectivity index (χ0v) is 12.3. The summed E-state index contributed by atoms with van der Waals surface area (Å²) < 4.78 is 11.1. The van der Waals surface area contributed by atoms with Gasteiger partial charge in [0.1, 0.15) is 0 Å². The minimum absolute atomic E-state index is 0.154. The first kappa shape index (κ1) is 15.7. The zero-order valence-electron chi connectivity index (χ0n) is 11.5. The second-order valence-electron chi connectivity index (χ2n) is 4.64. The number of anilines is 1. The number of hydrogen-bond donors (Lipinski definition) is 3. The highest BCUT2D eigenvalue weighted by atomic mass is 32.2. The van der Waals surface area contributed by atoms with Gasteiger partial charge < -0.3 is 16.4 Å². The summed E-state index contributed by atoms with van der Waals surface area (Å²) in [5, 5.41) is 5.90. The first-order chi connectivity index (χ1) is 8.88. The zero-order chi connectivity index (χ0) is 14.4. The molecule has 6 heteroatoms. The van der Waals surface area contributed by atoms with Crippen LogP contribution in [-0.4, -0.2) is 28.3 Å². The van der Waals surface area contributed by atoms with Gasteiger partial charge in [-0.05, 0) is 31.5 Å². The number of amides is 2. The summed E-state index contributed by atoms with van der Waals surface area (Å²) in [6.07, 6.45) is 1.70. The molecule has 1 aromatic rings. The Bertz CT molecular complexity index is 448. The van der Waals surface area contributed by atoms with Crippen LogP contribution in [0, 0.1) is 0 Å². The topological polar surface area (TPSA) is 84.2 Å². The average Bonchev–Trinajstić information content (AvgIpc) is 2.27. The predicted octanol–water partition coefficient (Wildman–Crippen LogP) is 1.59. The van der Waals surface area contributed by atoms with Crippen LogP contribution in [0.1, 0.15) is 25.5 Å². The number of hydrogen-bond acceptors (Lipinski definition) is 3. The highest BCUT2D eigenvalue weighted by Gasteiger charge is 2.10. The van der Waals surface area contributed by atoms with Crippen molar-refractivity contribution in [3.05, 3.63) is 29.8 Å². The lowest BCUT2D eigenvalue weighted by Crippen LogP contribution is -2.33. The van der Waals surface area contributed by atoms with Crippen LogP contribution in [0.15, 0.2) is 24.3 Å². The first-order valence-corrected chi connectivity index (χ1v) is 7.83. The van der Waals surface area contributed by atoms with Crippen molar-refractivity contribution in [2.24, 2.45) is 5.73 Å². The van der Waals surface area contributed by atoms with E-state index in [9.17, 15) is 9.00 Å². The second kappa shape index (κ2) is 7.25. The molecular formula is C13H21N3O2S. The number of nitrogens with one attached hydrogen (secondary N) is 2. The van der Waals surface area contributed by atoms with Crippen molar-refractivity contribution in [1.29, 1.82) is 0 Å². The van der Waals surface area contributed by atoms with Gasteiger partial charge in [-0.3, -0.25) is 4.21 Å². The predicted molar refractivity (Wildman–Crippen MR) is 79.6 cm³/mol. The van der Waals surface area contributed by atoms with Crippen LogP contribution in [0.2, 0.25) is 0 Å². The molecule has 0 heterocycles. The quantitative estimate of drug-likeness (QED) is 0.741. The van der Waals surface area contributed by atoms with Crippen LogP contribution in [-0.2, 0) is 10.8 Å². The summed E-state index contributed by atoms with van der Waals surface area (Å²) in [6, 6.07) is 7.24. The lowest BCUT2D eigenvalue weighted by Gasteiger charge is -2.19. The van der Waals surface area contributed by atoms with Gasteiger partial charge in [-0.2, -0.15) is 0 Å². The highest BCUT2D eigenvalue weighted by molar-refractivity contribution is 7.84. The van der Waals surface area contributed by atoms with Crippen molar-refractivity contribution in [2.45, 2.75) is 25.9 Å². The van der Waals surface area contributed by atoms with Gasteiger partial charge in [-0.25, -0.2) is 4.79 Å². The smallest absolute Gasteiger partial charge is 0.316 e. The number of benzene rings is 1. The molecule has 0 aliphatic heterocycles. The fourth-order valence-electron chi connectivity index (χ4n) is 1.92. The van der Waals surface area contributed by atoms with Gasteiger partial charge >= 0.3 is 6.03 Å². The molecule has 1 aromatic carbocycles. The Morgan fingerprint density at radius 1 is 1.32 bits per heavy atom. The molecule has 106 valence electrons. The van der Waals surface area contributed by atoms with E-state index in [1.807, 2.05) is 26.0 Å². The van der Waals surface area contributed by atoms with Crippen LogP contribution in [0.3, 0.4) is 0 Å². The van der Waals surface area contributed by atoms with Crippen LogP contribution in [0.5, 0.6) is 0 Å². The Kier molecular flexibility index (Phi) is 5.98. The number of carbonyl (C=O) groups excluding carboxylic acids is 1. The van der Waals surface area contributed by atoms with Crippen molar-refractivity contribution in [1.82, 2.24) is 5.32 Å². The third-order valence-corrected chi connectivity index (χ3v) is 3.67. The molecular weight excluding hydrogens is 262 g/mol. The first-order valence-electron chi connectivity index (χ1n) is 6.11. The molecule has 3 unspecified atom stereocenters. The van der Waals surface area contributed by atoms with E-state index in [0.717, 1.165) is 5.56 Å². The van der Waals surface area contributed by atoms with Gasteiger partial charge in [0.2, 0.25) is 0 Å². The van der Waals surface area contributed by atoms with Crippen molar-refractivity contribution >= 4 is 22.5 Å². The Morgan fingerprint density at radius 2 is 1.89 bits per heavy atom. The van der Waals surface area contributed by atoms with Gasteiger partial charge in [0, 0.05) is 40.6 Å². The number of nitrogens with two attached hydrogens (primary N) is 1. The molecule has 3 atom stereocenters. The van der Waals surface area contributed by atoms with Gasteiger partial charge in [0.25, 0.3) is 0 Å². The SMILES string of the molecule is CC(CS(C)=O)NC(C)c1ccc(NC(N)=O)cc1. The van der Waals surface area contributed by atoms with E-state index >= 15 is 0 Å². The summed E-state index contributed by atoms with van der Waals surface area (Å²) in [6.45, 7) is 4.06.